The molecule has 0 radical (unpaired) electrons. The van der Waals surface area contributed by atoms with Crippen LogP contribution in [0.4, 0.5) is 0 Å². The van der Waals surface area contributed by atoms with Crippen LogP contribution >= 0.6 is 0 Å². The summed E-state index contributed by atoms with van der Waals surface area (Å²) in [6.07, 6.45) is 2.19. The number of sulfonamides is 1. The van der Waals surface area contributed by atoms with Gasteiger partial charge in [0, 0.05) is 25.0 Å². The summed E-state index contributed by atoms with van der Waals surface area (Å²) < 4.78 is 29.1. The Balaban J connectivity index is 1.87. The van der Waals surface area contributed by atoms with Gasteiger partial charge in [0.25, 0.3) is 0 Å². The smallest absolute Gasteiger partial charge is 0.241 e. The van der Waals surface area contributed by atoms with Gasteiger partial charge in [-0.05, 0) is 54.7 Å². The van der Waals surface area contributed by atoms with E-state index in [0.29, 0.717) is 19.5 Å². The van der Waals surface area contributed by atoms with Crippen LogP contribution in [0.3, 0.4) is 0 Å². The van der Waals surface area contributed by atoms with Crippen molar-refractivity contribution >= 4 is 27.7 Å². The predicted molar refractivity (Wildman–Crippen MR) is 134 cm³/mol. The van der Waals surface area contributed by atoms with E-state index < -0.39 is 39.6 Å². The fourth-order valence-corrected chi connectivity index (χ4v) is 5.98. The van der Waals surface area contributed by atoms with Crippen molar-refractivity contribution < 1.29 is 18.0 Å². The second-order valence-corrected chi connectivity index (χ2v) is 12.6. The lowest BCUT2D eigenvalue weighted by molar-refractivity contribution is -0.130. The molecule has 194 valence electrons. The van der Waals surface area contributed by atoms with E-state index in [9.17, 15) is 18.0 Å². The fourth-order valence-electron chi connectivity index (χ4n) is 4.73. The van der Waals surface area contributed by atoms with Crippen molar-refractivity contribution in [1.82, 2.24) is 9.62 Å². The summed E-state index contributed by atoms with van der Waals surface area (Å²) in [6.45, 7) is 7.17. The van der Waals surface area contributed by atoms with E-state index in [-0.39, 0.29) is 34.7 Å². The molecule has 10 nitrogen and oxygen atoms in total. The Morgan fingerprint density at radius 1 is 1.20 bits per heavy atom. The van der Waals surface area contributed by atoms with Gasteiger partial charge in [0.05, 0.1) is 16.9 Å². The van der Waals surface area contributed by atoms with Gasteiger partial charge in [0.2, 0.25) is 15.9 Å². The van der Waals surface area contributed by atoms with Crippen LogP contribution < -0.4 is 21.9 Å². The molecule has 1 aromatic carbocycles. The van der Waals surface area contributed by atoms with Crippen LogP contribution in [0.25, 0.3) is 0 Å². The molecule has 35 heavy (non-hydrogen) atoms. The Bertz CT molecular complexity index is 1070. The number of carbonyl (C=O) groups is 2. The number of ketones is 1. The van der Waals surface area contributed by atoms with Crippen molar-refractivity contribution in [1.29, 1.82) is 5.41 Å². The van der Waals surface area contributed by atoms with Gasteiger partial charge in [-0.25, -0.2) is 8.42 Å². The van der Waals surface area contributed by atoms with Crippen LogP contribution in [0, 0.1) is 23.2 Å². The zero-order valence-electron chi connectivity index (χ0n) is 20.7. The van der Waals surface area contributed by atoms with Crippen molar-refractivity contribution in [3.63, 3.8) is 0 Å². The maximum atomic E-state index is 13.3. The quantitative estimate of drug-likeness (QED) is 0.240. The molecule has 11 heteroatoms. The van der Waals surface area contributed by atoms with E-state index >= 15 is 0 Å². The maximum absolute atomic E-state index is 13.3. The number of primary amides is 1. The first-order chi connectivity index (χ1) is 16.2. The molecule has 2 aliphatic rings. The normalized spacial score (nSPS) is 24.5. The Hall–Kier alpha value is -2.50. The van der Waals surface area contributed by atoms with Crippen molar-refractivity contribution in [3.8, 4) is 0 Å². The van der Waals surface area contributed by atoms with Crippen LogP contribution in [0.15, 0.2) is 29.2 Å². The summed E-state index contributed by atoms with van der Waals surface area (Å²) in [4.78, 5) is 27.6. The minimum absolute atomic E-state index is 0.00652. The summed E-state index contributed by atoms with van der Waals surface area (Å²) >= 11 is 0. The Morgan fingerprint density at radius 3 is 2.29 bits per heavy atom. The Kier molecular flexibility index (Phi) is 7.93. The van der Waals surface area contributed by atoms with Gasteiger partial charge in [-0.2, -0.15) is 4.72 Å². The van der Waals surface area contributed by atoms with E-state index in [4.69, 9.17) is 22.6 Å². The van der Waals surface area contributed by atoms with E-state index in [1.807, 2.05) is 20.8 Å². The van der Waals surface area contributed by atoms with Crippen molar-refractivity contribution in [2.45, 2.75) is 68.8 Å². The van der Waals surface area contributed by atoms with E-state index in [0.717, 1.165) is 18.4 Å². The molecule has 0 spiro atoms. The average molecular weight is 507 g/mol. The zero-order valence-corrected chi connectivity index (χ0v) is 21.5. The topological polar surface area (TPSA) is 185 Å². The number of nitrogens with two attached hydrogens (primary N) is 3. The third-order valence-electron chi connectivity index (χ3n) is 7.04. The van der Waals surface area contributed by atoms with Crippen LogP contribution in [0.1, 0.15) is 52.0 Å². The van der Waals surface area contributed by atoms with Gasteiger partial charge in [0.1, 0.15) is 0 Å². The number of piperidine rings is 1. The number of nitrogens with zero attached hydrogens (tertiary/aromatic N) is 1. The number of hydrogen-bond donors (Lipinski definition) is 5. The molecule has 1 saturated carbocycles. The molecule has 1 aliphatic heterocycles. The van der Waals surface area contributed by atoms with Gasteiger partial charge < -0.3 is 22.1 Å². The monoisotopic (exact) mass is 506 g/mol. The minimum Gasteiger partial charge on any atom is -0.370 e. The number of nitrogens with one attached hydrogen (secondary N) is 2. The van der Waals surface area contributed by atoms with Crippen LogP contribution in [0.2, 0.25) is 0 Å². The number of Topliss-reactive ketones (excluding diaryl/α,β-unsaturated/α-hetero) is 1. The molecule has 3 rings (SSSR count). The highest BCUT2D eigenvalue weighted by Crippen LogP contribution is 2.34. The Morgan fingerprint density at radius 2 is 1.80 bits per heavy atom. The SMILES string of the molecule is CC(C)(C)c1ccc(S(=O)(=O)NC(C(=O)C2CC2N)C(CC2CCCN(C(=N)N)C2)C(N)=O)cc1. The molecule has 8 N–H and O–H groups in total. The maximum Gasteiger partial charge on any atom is 0.241 e. The van der Waals surface area contributed by atoms with E-state index in [1.54, 1.807) is 17.0 Å². The van der Waals surface area contributed by atoms with Gasteiger partial charge >= 0.3 is 0 Å². The molecule has 1 aliphatic carbocycles. The van der Waals surface area contributed by atoms with E-state index in [2.05, 4.69) is 4.72 Å². The fraction of sp³-hybridized carbons (Fsp3) is 0.625. The molecular weight excluding hydrogens is 468 g/mol. The van der Waals surface area contributed by atoms with Crippen LogP contribution in [0.5, 0.6) is 0 Å². The molecule has 1 saturated heterocycles. The van der Waals surface area contributed by atoms with E-state index in [1.165, 1.54) is 12.1 Å². The molecule has 5 unspecified atom stereocenters. The largest absolute Gasteiger partial charge is 0.370 e. The number of hydrogen-bond acceptors (Lipinski definition) is 6. The summed E-state index contributed by atoms with van der Waals surface area (Å²) in [6, 6.07) is 4.82. The number of guanidine groups is 1. The molecule has 1 heterocycles. The summed E-state index contributed by atoms with van der Waals surface area (Å²) in [5.41, 5.74) is 18.1. The highest BCUT2D eigenvalue weighted by molar-refractivity contribution is 7.89. The molecule has 1 aromatic rings. The average Bonchev–Trinajstić information content (AvgIpc) is 3.51. The summed E-state index contributed by atoms with van der Waals surface area (Å²) in [7, 11) is -4.12. The third-order valence-corrected chi connectivity index (χ3v) is 8.50. The lowest BCUT2D eigenvalue weighted by atomic mass is 9.82. The predicted octanol–water partition coefficient (Wildman–Crippen LogP) is 0.644. The zero-order chi connectivity index (χ0) is 26.1. The first kappa shape index (κ1) is 27.1. The van der Waals surface area contributed by atoms with Gasteiger partial charge in [-0.1, -0.05) is 32.9 Å². The lowest BCUT2D eigenvalue weighted by Crippen LogP contribution is -2.52. The molecule has 1 amide bonds. The minimum atomic E-state index is -4.12. The molecule has 5 atom stereocenters. The second-order valence-electron chi connectivity index (χ2n) is 10.9. The summed E-state index contributed by atoms with van der Waals surface area (Å²) in [5, 5.41) is 7.70. The Labute approximate surface area is 207 Å². The highest BCUT2D eigenvalue weighted by Gasteiger charge is 2.48. The number of benzene rings is 1. The number of likely N-dealkylation sites (tertiary alicyclic amines) is 1. The van der Waals surface area contributed by atoms with Crippen molar-refractivity contribution in [2.24, 2.45) is 35.0 Å². The van der Waals surface area contributed by atoms with Crippen molar-refractivity contribution in [3.05, 3.63) is 29.8 Å². The number of amides is 1. The van der Waals surface area contributed by atoms with Gasteiger partial charge in [-0.15, -0.1) is 0 Å². The molecule has 2 fully saturated rings. The first-order valence-electron chi connectivity index (χ1n) is 12.0. The summed E-state index contributed by atoms with van der Waals surface area (Å²) in [5.74, 6) is -2.83. The standard InChI is InChI=1S/C24H38N6O4S/c1-24(2,3)15-6-8-16(9-7-15)35(33,34)29-20(21(31)17-12-19(17)25)18(22(26)32)11-14-5-4-10-30(13-14)23(27)28/h6-9,14,17-20,29H,4-5,10-13,25H2,1-3H3,(H2,26,32)(H3,27,28). The van der Waals surface area contributed by atoms with Gasteiger partial charge in [0.15, 0.2) is 11.7 Å². The number of rotatable bonds is 9. The van der Waals surface area contributed by atoms with Crippen LogP contribution in [-0.2, 0) is 25.0 Å². The number of carbonyl (C=O) groups excluding carboxylic acids is 2. The molecular formula is C24H38N6O4S. The lowest BCUT2D eigenvalue weighted by Gasteiger charge is -2.35. The third kappa shape index (κ3) is 6.59. The molecule has 0 bridgehead atoms. The highest BCUT2D eigenvalue weighted by atomic mass is 32.2. The van der Waals surface area contributed by atoms with Crippen molar-refractivity contribution in [2.75, 3.05) is 13.1 Å². The van der Waals surface area contributed by atoms with Gasteiger partial charge in [-0.3, -0.25) is 15.0 Å². The molecule has 0 aromatic heterocycles. The first-order valence-corrected chi connectivity index (χ1v) is 13.5. The second kappa shape index (κ2) is 10.2. The van der Waals surface area contributed by atoms with Crippen LogP contribution in [-0.4, -0.2) is 56.1 Å².